The van der Waals surface area contributed by atoms with Crippen LogP contribution in [0.15, 0.2) is 24.3 Å². The predicted molar refractivity (Wildman–Crippen MR) is 96.0 cm³/mol. The van der Waals surface area contributed by atoms with E-state index in [-0.39, 0.29) is 24.0 Å². The fraction of sp³-hybridized carbons (Fsp3) is 0.556. The van der Waals surface area contributed by atoms with Gasteiger partial charge in [0.25, 0.3) is 0 Å². The Labute approximate surface area is 147 Å². The zero-order chi connectivity index (χ0) is 16.9. The van der Waals surface area contributed by atoms with E-state index in [0.29, 0.717) is 18.1 Å². The van der Waals surface area contributed by atoms with Gasteiger partial charge in [0.05, 0.1) is 12.0 Å². The van der Waals surface area contributed by atoms with Crippen LogP contribution in [0, 0.1) is 6.92 Å². The van der Waals surface area contributed by atoms with Crippen molar-refractivity contribution in [2.45, 2.75) is 44.8 Å². The van der Waals surface area contributed by atoms with Crippen LogP contribution in [0.3, 0.4) is 0 Å². The summed E-state index contributed by atoms with van der Waals surface area (Å²) < 4.78 is 5.58. The normalized spacial score (nSPS) is 23.5. The number of amides is 2. The average molecular weight is 348 g/mol. The minimum absolute atomic E-state index is 0.0560. The Balaban J connectivity index is 1.56. The van der Waals surface area contributed by atoms with E-state index in [0.717, 1.165) is 37.1 Å². The maximum atomic E-state index is 12.6. The second-order valence-electron chi connectivity index (χ2n) is 6.36. The first-order valence-corrected chi connectivity index (χ1v) is 9.66. The number of nitrogens with zero attached hydrogens (tertiary/aromatic N) is 1. The summed E-state index contributed by atoms with van der Waals surface area (Å²) in [5.74, 6) is 1.21. The highest BCUT2D eigenvalue weighted by atomic mass is 32.2. The lowest BCUT2D eigenvalue weighted by molar-refractivity contribution is -0.136. The van der Waals surface area contributed by atoms with Gasteiger partial charge < -0.3 is 15.0 Å². The van der Waals surface area contributed by atoms with Gasteiger partial charge in [0.2, 0.25) is 11.8 Å². The Kier molecular flexibility index (Phi) is 5.79. The molecule has 3 rings (SSSR count). The molecule has 2 atom stereocenters. The number of nitrogens with one attached hydrogen (secondary N) is 1. The van der Waals surface area contributed by atoms with Crippen LogP contribution in [0.1, 0.15) is 31.2 Å². The molecule has 2 fully saturated rings. The molecule has 2 aliphatic rings. The van der Waals surface area contributed by atoms with Crippen LogP contribution < -0.4 is 5.32 Å². The van der Waals surface area contributed by atoms with Crippen molar-refractivity contribution in [3.8, 4) is 0 Å². The summed E-state index contributed by atoms with van der Waals surface area (Å²) in [6.45, 7) is 2.77. The minimum atomic E-state index is -0.383. The van der Waals surface area contributed by atoms with Gasteiger partial charge in [0, 0.05) is 24.5 Å². The number of ether oxygens (including phenoxy) is 1. The van der Waals surface area contributed by atoms with Gasteiger partial charge in [0.15, 0.2) is 0 Å². The van der Waals surface area contributed by atoms with Crippen molar-refractivity contribution in [1.29, 1.82) is 0 Å². The van der Waals surface area contributed by atoms with E-state index in [2.05, 4.69) is 5.32 Å². The van der Waals surface area contributed by atoms with E-state index in [1.54, 1.807) is 16.7 Å². The van der Waals surface area contributed by atoms with Gasteiger partial charge in [-0.3, -0.25) is 9.59 Å². The van der Waals surface area contributed by atoms with Crippen LogP contribution in [0.5, 0.6) is 0 Å². The maximum Gasteiger partial charge on any atom is 0.248 e. The van der Waals surface area contributed by atoms with Crippen LogP contribution in [0.2, 0.25) is 0 Å². The monoisotopic (exact) mass is 348 g/mol. The van der Waals surface area contributed by atoms with E-state index in [1.807, 2.05) is 31.2 Å². The number of rotatable bonds is 5. The average Bonchev–Trinajstić information content (AvgIpc) is 3.26. The highest BCUT2D eigenvalue weighted by molar-refractivity contribution is 7.99. The molecule has 130 valence electrons. The molecular formula is C18H24N2O3S. The lowest BCUT2D eigenvalue weighted by Gasteiger charge is -2.24. The van der Waals surface area contributed by atoms with Crippen molar-refractivity contribution in [2.75, 3.05) is 23.6 Å². The van der Waals surface area contributed by atoms with E-state index in [4.69, 9.17) is 4.74 Å². The Bertz CT molecular complexity index is 602. The zero-order valence-corrected chi connectivity index (χ0v) is 14.8. The van der Waals surface area contributed by atoms with Crippen molar-refractivity contribution in [2.24, 2.45) is 0 Å². The summed E-state index contributed by atoms with van der Waals surface area (Å²) in [5.41, 5.74) is 1.83. The molecule has 5 nitrogen and oxygen atoms in total. The Morgan fingerprint density at radius 1 is 1.38 bits per heavy atom. The second-order valence-corrected chi connectivity index (χ2v) is 7.36. The molecule has 2 saturated heterocycles. The number of benzene rings is 1. The third-order valence-corrected chi connectivity index (χ3v) is 5.62. The predicted octanol–water partition coefficient (Wildman–Crippen LogP) is 2.79. The van der Waals surface area contributed by atoms with Crippen molar-refractivity contribution in [1.82, 2.24) is 4.90 Å². The number of hydrogen-bond acceptors (Lipinski definition) is 4. The SMILES string of the molecule is Cc1ccccc1NC(=O)[C@@H]1CSCN1C(=O)CC[C@H]1CCCO1. The van der Waals surface area contributed by atoms with Gasteiger partial charge in [-0.2, -0.15) is 0 Å². The van der Waals surface area contributed by atoms with Gasteiger partial charge in [-0.25, -0.2) is 0 Å². The number of hydrogen-bond donors (Lipinski definition) is 1. The Morgan fingerprint density at radius 2 is 2.21 bits per heavy atom. The second kappa shape index (κ2) is 8.03. The molecule has 0 radical (unpaired) electrons. The molecule has 1 N–H and O–H groups in total. The number of aryl methyl sites for hydroxylation is 1. The molecule has 0 aliphatic carbocycles. The molecular weight excluding hydrogens is 324 g/mol. The summed E-state index contributed by atoms with van der Waals surface area (Å²) in [6.07, 6.45) is 3.55. The third-order valence-electron chi connectivity index (χ3n) is 4.61. The Morgan fingerprint density at radius 3 is 2.96 bits per heavy atom. The number of anilines is 1. The van der Waals surface area contributed by atoms with Crippen LogP contribution >= 0.6 is 11.8 Å². The summed E-state index contributed by atoms with van der Waals surface area (Å²) in [6, 6.07) is 7.31. The van der Waals surface area contributed by atoms with Crippen molar-refractivity contribution < 1.29 is 14.3 Å². The summed E-state index contributed by atoms with van der Waals surface area (Å²) in [7, 11) is 0. The third kappa shape index (κ3) is 4.11. The molecule has 1 aromatic rings. The molecule has 1 aromatic carbocycles. The van der Waals surface area contributed by atoms with E-state index >= 15 is 0 Å². The highest BCUT2D eigenvalue weighted by Crippen LogP contribution is 2.25. The largest absolute Gasteiger partial charge is 0.378 e. The number of carbonyl (C=O) groups is 2. The molecule has 2 heterocycles. The maximum absolute atomic E-state index is 12.6. The first-order chi connectivity index (χ1) is 11.6. The van der Waals surface area contributed by atoms with Crippen LogP contribution in [-0.2, 0) is 14.3 Å². The number of carbonyl (C=O) groups excluding carboxylic acids is 2. The summed E-state index contributed by atoms with van der Waals surface area (Å²) in [4.78, 5) is 26.8. The molecule has 0 spiro atoms. The van der Waals surface area contributed by atoms with Crippen molar-refractivity contribution in [3.05, 3.63) is 29.8 Å². The van der Waals surface area contributed by atoms with Gasteiger partial charge in [-0.15, -0.1) is 11.8 Å². The molecule has 2 aliphatic heterocycles. The summed E-state index contributed by atoms with van der Waals surface area (Å²) >= 11 is 1.63. The summed E-state index contributed by atoms with van der Waals surface area (Å²) in [5, 5.41) is 2.96. The fourth-order valence-corrected chi connectivity index (χ4v) is 4.32. The topological polar surface area (TPSA) is 58.6 Å². The van der Waals surface area contributed by atoms with Gasteiger partial charge in [-0.05, 0) is 37.8 Å². The smallest absolute Gasteiger partial charge is 0.248 e. The number of thioether (sulfide) groups is 1. The first kappa shape index (κ1) is 17.3. The highest BCUT2D eigenvalue weighted by Gasteiger charge is 2.34. The first-order valence-electron chi connectivity index (χ1n) is 8.50. The fourth-order valence-electron chi connectivity index (χ4n) is 3.13. The Hall–Kier alpha value is -1.53. The lowest BCUT2D eigenvalue weighted by atomic mass is 10.1. The lowest BCUT2D eigenvalue weighted by Crippen LogP contribution is -2.44. The van der Waals surface area contributed by atoms with Crippen molar-refractivity contribution in [3.63, 3.8) is 0 Å². The molecule has 6 heteroatoms. The number of para-hydroxylation sites is 1. The van der Waals surface area contributed by atoms with Crippen LogP contribution in [0.4, 0.5) is 5.69 Å². The van der Waals surface area contributed by atoms with Crippen LogP contribution in [-0.4, -0.2) is 47.1 Å². The van der Waals surface area contributed by atoms with E-state index < -0.39 is 0 Å². The standard InChI is InChI=1S/C18H24N2O3S/c1-13-5-2-3-7-15(13)19-18(22)16-11-24-12-20(16)17(21)9-8-14-6-4-10-23-14/h2-3,5,7,14,16H,4,6,8-12H2,1H3,(H,19,22)/t14-,16+/m1/s1. The minimum Gasteiger partial charge on any atom is -0.378 e. The molecule has 0 aromatic heterocycles. The molecule has 24 heavy (non-hydrogen) atoms. The van der Waals surface area contributed by atoms with Gasteiger partial charge in [-0.1, -0.05) is 18.2 Å². The van der Waals surface area contributed by atoms with E-state index in [1.165, 1.54) is 0 Å². The van der Waals surface area contributed by atoms with E-state index in [9.17, 15) is 9.59 Å². The molecule has 0 bridgehead atoms. The van der Waals surface area contributed by atoms with Crippen molar-refractivity contribution >= 4 is 29.3 Å². The van der Waals surface area contributed by atoms with Crippen LogP contribution in [0.25, 0.3) is 0 Å². The molecule has 2 amide bonds. The van der Waals surface area contributed by atoms with Gasteiger partial charge in [0.1, 0.15) is 6.04 Å². The zero-order valence-electron chi connectivity index (χ0n) is 14.0. The molecule has 0 saturated carbocycles. The van der Waals surface area contributed by atoms with Gasteiger partial charge >= 0.3 is 0 Å². The quantitative estimate of drug-likeness (QED) is 0.889. The molecule has 0 unspecified atom stereocenters.